The molecule has 0 radical (unpaired) electrons. The third-order valence-corrected chi connectivity index (χ3v) is 5.75. The Hall–Kier alpha value is -1.14. The van der Waals surface area contributed by atoms with Crippen molar-refractivity contribution in [2.45, 2.75) is 65.3 Å². The zero-order chi connectivity index (χ0) is 18.3. The van der Waals surface area contributed by atoms with Crippen molar-refractivity contribution in [3.8, 4) is 0 Å². The molecule has 2 rings (SSSR count). The number of nitrogens with one attached hydrogen (secondary N) is 2. The number of guanidine groups is 1. The molecule has 1 saturated carbocycles. The Bertz CT molecular complexity index is 558. The normalized spacial score (nSPS) is 17.2. The van der Waals surface area contributed by atoms with E-state index in [1.807, 2.05) is 0 Å². The van der Waals surface area contributed by atoms with Crippen LogP contribution in [0.4, 0.5) is 0 Å². The second-order valence-electron chi connectivity index (χ2n) is 8.02. The molecule has 0 bridgehead atoms. The van der Waals surface area contributed by atoms with Gasteiger partial charge in [0.05, 0.1) is 12.2 Å². The molecule has 1 aromatic heterocycles. The van der Waals surface area contributed by atoms with Crippen molar-refractivity contribution in [2.75, 3.05) is 26.8 Å². The van der Waals surface area contributed by atoms with Gasteiger partial charge < -0.3 is 15.4 Å². The third-order valence-electron chi connectivity index (χ3n) is 4.92. The van der Waals surface area contributed by atoms with Crippen LogP contribution in [-0.4, -0.2) is 37.7 Å². The Morgan fingerprint density at radius 3 is 2.64 bits per heavy atom. The maximum absolute atomic E-state index is 5.28. The number of aliphatic imine (C=N–C) groups is 1. The van der Waals surface area contributed by atoms with E-state index in [1.165, 1.54) is 19.3 Å². The molecule has 1 aliphatic rings. The molecular weight excluding hydrogens is 332 g/mol. The van der Waals surface area contributed by atoms with Crippen LogP contribution in [0.1, 0.15) is 64.1 Å². The van der Waals surface area contributed by atoms with Gasteiger partial charge in [-0.15, -0.1) is 11.3 Å². The van der Waals surface area contributed by atoms with Crippen molar-refractivity contribution in [1.29, 1.82) is 0 Å². The molecule has 0 aliphatic heterocycles. The zero-order valence-corrected chi connectivity index (χ0v) is 17.3. The van der Waals surface area contributed by atoms with Crippen LogP contribution in [0.5, 0.6) is 0 Å². The minimum atomic E-state index is 0.0964. The smallest absolute Gasteiger partial charge is 0.191 e. The van der Waals surface area contributed by atoms with Crippen molar-refractivity contribution < 1.29 is 4.74 Å². The van der Waals surface area contributed by atoms with Crippen molar-refractivity contribution in [1.82, 2.24) is 15.6 Å². The molecule has 25 heavy (non-hydrogen) atoms. The van der Waals surface area contributed by atoms with E-state index in [4.69, 9.17) is 14.7 Å². The fourth-order valence-electron chi connectivity index (χ4n) is 3.00. The van der Waals surface area contributed by atoms with Gasteiger partial charge in [0.15, 0.2) is 5.96 Å². The first kappa shape index (κ1) is 20.2. The molecule has 1 aliphatic carbocycles. The van der Waals surface area contributed by atoms with Gasteiger partial charge in [-0.05, 0) is 31.6 Å². The van der Waals surface area contributed by atoms with Gasteiger partial charge in [0.2, 0.25) is 0 Å². The number of hydrogen-bond acceptors (Lipinski definition) is 4. The van der Waals surface area contributed by atoms with E-state index < -0.39 is 0 Å². The number of hydrogen-bond donors (Lipinski definition) is 2. The molecule has 1 heterocycles. The number of nitrogens with zero attached hydrogens (tertiary/aromatic N) is 2. The van der Waals surface area contributed by atoms with E-state index >= 15 is 0 Å². The molecule has 0 atom stereocenters. The lowest BCUT2D eigenvalue weighted by Crippen LogP contribution is -2.46. The maximum atomic E-state index is 5.28. The summed E-state index contributed by atoms with van der Waals surface area (Å²) in [6.07, 6.45) is 5.01. The summed E-state index contributed by atoms with van der Waals surface area (Å²) in [5.74, 6) is 0.888. The van der Waals surface area contributed by atoms with E-state index in [-0.39, 0.29) is 5.41 Å². The number of methoxy groups -OCH3 is 1. The second-order valence-corrected chi connectivity index (χ2v) is 8.96. The Kier molecular flexibility index (Phi) is 7.25. The Morgan fingerprint density at radius 1 is 1.36 bits per heavy atom. The summed E-state index contributed by atoms with van der Waals surface area (Å²) >= 11 is 1.70. The molecule has 0 amide bonds. The third kappa shape index (κ3) is 5.96. The van der Waals surface area contributed by atoms with Gasteiger partial charge in [0.25, 0.3) is 0 Å². The highest BCUT2D eigenvalue weighted by atomic mass is 32.1. The van der Waals surface area contributed by atoms with Gasteiger partial charge in [0, 0.05) is 37.6 Å². The number of rotatable bonds is 8. The van der Waals surface area contributed by atoms with Gasteiger partial charge in [-0.2, -0.15) is 0 Å². The lowest BCUT2D eigenvalue weighted by molar-refractivity contribution is 0.0732. The van der Waals surface area contributed by atoms with Crippen LogP contribution in [0.15, 0.2) is 10.4 Å². The van der Waals surface area contributed by atoms with Crippen LogP contribution in [0.3, 0.4) is 0 Å². The summed E-state index contributed by atoms with van der Waals surface area (Å²) in [4.78, 5) is 9.46. The van der Waals surface area contributed by atoms with E-state index in [0.29, 0.717) is 12.0 Å². The molecule has 1 fully saturated rings. The fourth-order valence-corrected chi connectivity index (χ4v) is 3.94. The maximum Gasteiger partial charge on any atom is 0.191 e. The number of ether oxygens (including phenoxy) is 1. The molecule has 5 nitrogen and oxygen atoms in total. The van der Waals surface area contributed by atoms with Crippen LogP contribution in [0.2, 0.25) is 0 Å². The Morgan fingerprint density at radius 2 is 2.12 bits per heavy atom. The highest BCUT2D eigenvalue weighted by Gasteiger charge is 2.36. The molecule has 0 spiro atoms. The van der Waals surface area contributed by atoms with Crippen LogP contribution in [-0.2, 0) is 16.7 Å². The molecule has 0 aromatic carbocycles. The number of thiazole rings is 1. The van der Waals surface area contributed by atoms with Crippen molar-refractivity contribution in [3.63, 3.8) is 0 Å². The van der Waals surface area contributed by atoms with E-state index in [2.05, 4.69) is 43.7 Å². The van der Waals surface area contributed by atoms with E-state index in [9.17, 15) is 0 Å². The molecular formula is C19H34N4OS. The Balaban J connectivity index is 1.92. The van der Waals surface area contributed by atoms with Gasteiger partial charge in [-0.1, -0.05) is 27.2 Å². The first-order chi connectivity index (χ1) is 11.9. The summed E-state index contributed by atoms with van der Waals surface area (Å²) in [6.45, 7) is 12.0. The molecule has 0 unspecified atom stereocenters. The fraction of sp³-hybridized carbons (Fsp3) is 0.789. The highest BCUT2D eigenvalue weighted by molar-refractivity contribution is 7.09. The predicted molar refractivity (Wildman–Crippen MR) is 106 cm³/mol. The summed E-state index contributed by atoms with van der Waals surface area (Å²) < 4.78 is 5.28. The summed E-state index contributed by atoms with van der Waals surface area (Å²) in [5, 5.41) is 10.1. The lowest BCUT2D eigenvalue weighted by atomic mass is 9.67. The lowest BCUT2D eigenvalue weighted by Gasteiger charge is -2.42. The average Bonchev–Trinajstić information content (AvgIpc) is 3.00. The van der Waals surface area contributed by atoms with E-state index in [0.717, 1.165) is 42.8 Å². The van der Waals surface area contributed by atoms with Crippen LogP contribution >= 0.6 is 11.3 Å². The summed E-state index contributed by atoms with van der Waals surface area (Å²) in [7, 11) is 1.78. The minimum absolute atomic E-state index is 0.0964. The van der Waals surface area contributed by atoms with Crippen LogP contribution in [0.25, 0.3) is 0 Å². The quantitative estimate of drug-likeness (QED) is 0.544. The molecule has 142 valence electrons. The summed E-state index contributed by atoms with van der Waals surface area (Å²) in [5.41, 5.74) is 1.63. The average molecular weight is 367 g/mol. The first-order valence-corrected chi connectivity index (χ1v) is 10.2. The Labute approximate surface area is 156 Å². The minimum Gasteiger partial charge on any atom is -0.385 e. The standard InChI is InChI=1S/C19H34N4OS/c1-6-20-17(22-14-19(8-7-9-19)10-11-24-5)21-12-16-23-15(13-25-16)18(2,3)4/h13H,6-12,14H2,1-5H3,(H2,20,21,22). The van der Waals surface area contributed by atoms with Gasteiger partial charge in [-0.25, -0.2) is 9.98 Å². The second kappa shape index (κ2) is 8.99. The first-order valence-electron chi connectivity index (χ1n) is 9.34. The largest absolute Gasteiger partial charge is 0.385 e. The molecule has 0 saturated heterocycles. The van der Waals surface area contributed by atoms with Crippen molar-refractivity contribution in [2.24, 2.45) is 10.4 Å². The highest BCUT2D eigenvalue weighted by Crippen LogP contribution is 2.43. The van der Waals surface area contributed by atoms with Gasteiger partial charge in [-0.3, -0.25) is 0 Å². The van der Waals surface area contributed by atoms with Gasteiger partial charge in [0.1, 0.15) is 5.01 Å². The summed E-state index contributed by atoms with van der Waals surface area (Å²) in [6, 6.07) is 0. The molecule has 2 N–H and O–H groups in total. The molecule has 1 aromatic rings. The van der Waals surface area contributed by atoms with Crippen LogP contribution < -0.4 is 10.6 Å². The number of aromatic nitrogens is 1. The SMILES string of the molecule is CCNC(=NCc1nc(C(C)(C)C)cs1)NCC1(CCOC)CCC1. The van der Waals surface area contributed by atoms with E-state index in [1.54, 1.807) is 18.4 Å². The molecule has 6 heteroatoms. The van der Waals surface area contributed by atoms with Crippen LogP contribution in [0, 0.1) is 5.41 Å². The predicted octanol–water partition coefficient (Wildman–Crippen LogP) is 3.70. The zero-order valence-electron chi connectivity index (χ0n) is 16.4. The monoisotopic (exact) mass is 366 g/mol. The van der Waals surface area contributed by atoms with Crippen molar-refractivity contribution in [3.05, 3.63) is 16.1 Å². The van der Waals surface area contributed by atoms with Crippen molar-refractivity contribution >= 4 is 17.3 Å². The van der Waals surface area contributed by atoms with Gasteiger partial charge >= 0.3 is 0 Å². The topological polar surface area (TPSA) is 58.5 Å².